The van der Waals surface area contributed by atoms with Crippen LogP contribution in [0.15, 0.2) is 24.8 Å². The van der Waals surface area contributed by atoms with Crippen LogP contribution in [0.5, 0.6) is 0 Å². The van der Waals surface area contributed by atoms with Crippen LogP contribution in [0.3, 0.4) is 0 Å². The van der Waals surface area contributed by atoms with Crippen molar-refractivity contribution in [2.45, 2.75) is 12.8 Å². The van der Waals surface area contributed by atoms with Gasteiger partial charge in [-0.15, -0.1) is 12.3 Å². The van der Waals surface area contributed by atoms with Crippen molar-refractivity contribution in [3.8, 4) is 12.3 Å². The van der Waals surface area contributed by atoms with E-state index in [0.717, 1.165) is 5.52 Å². The van der Waals surface area contributed by atoms with E-state index in [4.69, 9.17) is 6.42 Å². The zero-order valence-corrected chi connectivity index (χ0v) is 8.05. The highest BCUT2D eigenvalue weighted by atomic mass is 16.1. The maximum atomic E-state index is 11.7. The van der Waals surface area contributed by atoms with Gasteiger partial charge in [-0.1, -0.05) is 0 Å². The summed E-state index contributed by atoms with van der Waals surface area (Å²) in [5, 5.41) is 4.05. The molecule has 0 aromatic carbocycles. The quantitative estimate of drug-likeness (QED) is 0.553. The van der Waals surface area contributed by atoms with Gasteiger partial charge in [0, 0.05) is 25.2 Å². The highest BCUT2D eigenvalue weighted by molar-refractivity contribution is 6.02. The third kappa shape index (κ3) is 1.72. The topological polar surface area (TPSA) is 47.3 Å². The zero-order valence-electron chi connectivity index (χ0n) is 8.05. The lowest BCUT2D eigenvalue weighted by molar-refractivity contribution is 0.0986. The Bertz CT molecular complexity index is 536. The molecule has 0 radical (unpaired) electrons. The number of carbonyl (C=O) groups excluding carboxylic acids is 1. The Kier molecular flexibility index (Phi) is 2.46. The van der Waals surface area contributed by atoms with Gasteiger partial charge in [0.2, 0.25) is 0 Å². The molecule has 2 aromatic heterocycles. The molecule has 0 saturated heterocycles. The van der Waals surface area contributed by atoms with Crippen molar-refractivity contribution in [3.63, 3.8) is 0 Å². The van der Waals surface area contributed by atoms with E-state index in [9.17, 15) is 4.79 Å². The van der Waals surface area contributed by atoms with Crippen molar-refractivity contribution < 1.29 is 4.79 Å². The predicted molar refractivity (Wildman–Crippen MR) is 55.4 cm³/mol. The minimum atomic E-state index is 0.0101. The number of terminal acetylenes is 1. The van der Waals surface area contributed by atoms with E-state index in [1.54, 1.807) is 29.3 Å². The van der Waals surface area contributed by atoms with Gasteiger partial charge in [-0.2, -0.15) is 5.10 Å². The molecule has 74 valence electrons. The molecule has 0 atom stereocenters. The van der Waals surface area contributed by atoms with Crippen molar-refractivity contribution in [1.82, 2.24) is 14.6 Å². The fourth-order valence-corrected chi connectivity index (χ4v) is 1.37. The number of rotatable bonds is 3. The molecule has 4 nitrogen and oxygen atoms in total. The fraction of sp³-hybridized carbons (Fsp3) is 0.182. The van der Waals surface area contributed by atoms with Crippen LogP contribution in [0.1, 0.15) is 23.2 Å². The van der Waals surface area contributed by atoms with Gasteiger partial charge in [0.15, 0.2) is 5.78 Å². The Labute approximate surface area is 86.9 Å². The lowest BCUT2D eigenvalue weighted by atomic mass is 10.1. The summed E-state index contributed by atoms with van der Waals surface area (Å²) in [7, 11) is 0. The van der Waals surface area contributed by atoms with Gasteiger partial charge >= 0.3 is 0 Å². The van der Waals surface area contributed by atoms with Crippen LogP contribution in [0.25, 0.3) is 5.52 Å². The molecule has 0 bridgehead atoms. The van der Waals surface area contributed by atoms with E-state index in [0.29, 0.717) is 18.4 Å². The Balaban J connectivity index is 2.36. The van der Waals surface area contributed by atoms with Crippen molar-refractivity contribution in [2.24, 2.45) is 0 Å². The summed E-state index contributed by atoms with van der Waals surface area (Å²) in [6.07, 6.45) is 12.4. The van der Waals surface area contributed by atoms with Gasteiger partial charge in [0.25, 0.3) is 0 Å². The third-order valence-electron chi connectivity index (χ3n) is 2.12. The maximum Gasteiger partial charge on any atom is 0.167 e. The molecule has 0 fully saturated rings. The molecule has 2 rings (SSSR count). The Hall–Kier alpha value is -2.15. The van der Waals surface area contributed by atoms with Crippen LogP contribution < -0.4 is 0 Å². The second kappa shape index (κ2) is 3.93. The van der Waals surface area contributed by atoms with Crippen molar-refractivity contribution in [2.75, 3.05) is 0 Å². The normalized spacial score (nSPS) is 10.1. The van der Waals surface area contributed by atoms with E-state index in [1.807, 2.05) is 0 Å². The molecule has 0 N–H and O–H groups in total. The van der Waals surface area contributed by atoms with Gasteiger partial charge in [-0.3, -0.25) is 9.78 Å². The summed E-state index contributed by atoms with van der Waals surface area (Å²) in [6.45, 7) is 0. The van der Waals surface area contributed by atoms with Crippen LogP contribution in [0, 0.1) is 12.3 Å². The number of ketones is 1. The van der Waals surface area contributed by atoms with Gasteiger partial charge in [0.05, 0.1) is 23.5 Å². The number of carbonyl (C=O) groups is 1. The Morgan fingerprint density at radius 3 is 3.20 bits per heavy atom. The Morgan fingerprint density at radius 2 is 2.40 bits per heavy atom. The molecule has 2 aromatic rings. The van der Waals surface area contributed by atoms with E-state index in [-0.39, 0.29) is 5.78 Å². The predicted octanol–water partition coefficient (Wildman–Crippen LogP) is 1.33. The number of Topliss-reactive ketones (excluding diaryl/α,β-unsaturated/α-hetero) is 1. The van der Waals surface area contributed by atoms with Gasteiger partial charge in [-0.05, 0) is 0 Å². The minimum absolute atomic E-state index is 0.0101. The van der Waals surface area contributed by atoms with Crippen LogP contribution in [0.2, 0.25) is 0 Å². The summed E-state index contributed by atoms with van der Waals surface area (Å²) < 4.78 is 1.62. The molecule has 0 amide bonds. The first-order valence-electron chi connectivity index (χ1n) is 4.57. The smallest absolute Gasteiger partial charge is 0.167 e. The standard InChI is InChI=1S/C11H9N3O/c1-2-3-4-11(15)9-7-13-14-6-5-12-8-10(9)14/h1,5-8H,3-4H2. The summed E-state index contributed by atoms with van der Waals surface area (Å²) in [5.74, 6) is 2.46. The summed E-state index contributed by atoms with van der Waals surface area (Å²) in [6, 6.07) is 0. The van der Waals surface area contributed by atoms with E-state index in [1.165, 1.54) is 0 Å². The molecule has 0 unspecified atom stereocenters. The second-order valence-electron chi connectivity index (χ2n) is 3.09. The first kappa shape index (κ1) is 9.41. The number of hydrogen-bond donors (Lipinski definition) is 0. The van der Waals surface area contributed by atoms with Gasteiger partial charge in [0.1, 0.15) is 0 Å². The van der Waals surface area contributed by atoms with Crippen molar-refractivity contribution in [1.29, 1.82) is 0 Å². The molecule has 0 spiro atoms. The molecule has 0 saturated carbocycles. The minimum Gasteiger partial charge on any atom is -0.294 e. The summed E-state index contributed by atoms with van der Waals surface area (Å²) in [5.41, 5.74) is 1.30. The van der Waals surface area contributed by atoms with Crippen molar-refractivity contribution in [3.05, 3.63) is 30.4 Å². The van der Waals surface area contributed by atoms with E-state index >= 15 is 0 Å². The average Bonchev–Trinajstić information content (AvgIpc) is 2.69. The van der Waals surface area contributed by atoms with Crippen LogP contribution in [0.4, 0.5) is 0 Å². The maximum absolute atomic E-state index is 11.7. The van der Waals surface area contributed by atoms with Gasteiger partial charge in [-0.25, -0.2) is 4.52 Å². The number of fused-ring (bicyclic) bond motifs is 1. The number of nitrogens with zero attached hydrogens (tertiary/aromatic N) is 3. The van der Waals surface area contributed by atoms with Crippen LogP contribution in [-0.2, 0) is 0 Å². The lowest BCUT2D eigenvalue weighted by Crippen LogP contribution is -1.98. The number of hydrogen-bond acceptors (Lipinski definition) is 3. The monoisotopic (exact) mass is 199 g/mol. The molecule has 2 heterocycles. The first-order valence-corrected chi connectivity index (χ1v) is 4.57. The number of aromatic nitrogens is 3. The van der Waals surface area contributed by atoms with Crippen LogP contribution in [-0.4, -0.2) is 20.4 Å². The second-order valence-corrected chi connectivity index (χ2v) is 3.09. The fourth-order valence-electron chi connectivity index (χ4n) is 1.37. The molecule has 0 aliphatic rings. The van der Waals surface area contributed by atoms with Crippen molar-refractivity contribution >= 4 is 11.3 Å². The van der Waals surface area contributed by atoms with Crippen LogP contribution >= 0.6 is 0 Å². The molecular formula is C11H9N3O. The third-order valence-corrected chi connectivity index (χ3v) is 2.12. The largest absolute Gasteiger partial charge is 0.294 e. The summed E-state index contributed by atoms with van der Waals surface area (Å²) >= 11 is 0. The SMILES string of the molecule is C#CCCC(=O)c1cnn2ccncc12. The Morgan fingerprint density at radius 1 is 1.53 bits per heavy atom. The highest BCUT2D eigenvalue weighted by Gasteiger charge is 2.11. The molecule has 15 heavy (non-hydrogen) atoms. The first-order chi connectivity index (χ1) is 7.33. The zero-order chi connectivity index (χ0) is 10.7. The lowest BCUT2D eigenvalue weighted by Gasteiger charge is -1.95. The molecule has 4 heteroatoms. The molecular weight excluding hydrogens is 190 g/mol. The van der Waals surface area contributed by atoms with E-state index < -0.39 is 0 Å². The summed E-state index contributed by atoms with van der Waals surface area (Å²) in [4.78, 5) is 15.7. The molecule has 0 aliphatic carbocycles. The van der Waals surface area contributed by atoms with Gasteiger partial charge < -0.3 is 0 Å². The molecule has 0 aliphatic heterocycles. The average molecular weight is 199 g/mol. The van der Waals surface area contributed by atoms with E-state index in [2.05, 4.69) is 16.0 Å². The highest BCUT2D eigenvalue weighted by Crippen LogP contribution is 2.11.